The highest BCUT2D eigenvalue weighted by molar-refractivity contribution is 8.01. The molecule has 0 bridgehead atoms. The number of alkyl halides is 1. The zero-order chi connectivity index (χ0) is 5.86. The fraction of sp³-hybridized carbons (Fsp3) is 0.667. The Bertz CT molecular complexity index is 77.3. The van der Waals surface area contributed by atoms with Crippen LogP contribution in [0.5, 0.6) is 0 Å². The Hall–Kier alpha value is 0.110. The summed E-state index contributed by atoms with van der Waals surface area (Å²) in [4.78, 5) is 10.00. The summed E-state index contributed by atoms with van der Waals surface area (Å²) in [6.45, 7) is 0. The standard InChI is InChI=1S/C3H6ClNOS/c1-7-2(4)3(5)6/h2H,1H3,(H2,5,6). The summed E-state index contributed by atoms with van der Waals surface area (Å²) < 4.78 is -0.569. The summed E-state index contributed by atoms with van der Waals surface area (Å²) >= 11 is 6.51. The Morgan fingerprint density at radius 3 is 2.43 bits per heavy atom. The van der Waals surface area contributed by atoms with Gasteiger partial charge in [-0.3, -0.25) is 4.79 Å². The molecule has 0 aromatic heterocycles. The number of hydrogen-bond acceptors (Lipinski definition) is 2. The van der Waals surface area contributed by atoms with E-state index in [9.17, 15) is 4.79 Å². The molecule has 4 heteroatoms. The maximum absolute atomic E-state index is 10.00. The average Bonchev–Trinajstić information content (AvgIpc) is 1.65. The van der Waals surface area contributed by atoms with Gasteiger partial charge in [0.25, 0.3) is 0 Å². The first kappa shape index (κ1) is 7.11. The monoisotopic (exact) mass is 139 g/mol. The second kappa shape index (κ2) is 3.16. The molecule has 0 rings (SSSR count). The van der Waals surface area contributed by atoms with Crippen LogP contribution >= 0.6 is 23.4 Å². The summed E-state index contributed by atoms with van der Waals surface area (Å²) in [7, 11) is 0. The zero-order valence-corrected chi connectivity index (χ0v) is 5.42. The zero-order valence-electron chi connectivity index (χ0n) is 3.85. The maximum Gasteiger partial charge on any atom is 0.245 e. The maximum atomic E-state index is 10.00. The van der Waals surface area contributed by atoms with Crippen LogP contribution in [0.2, 0.25) is 0 Å². The smallest absolute Gasteiger partial charge is 0.245 e. The number of halogens is 1. The number of thioether (sulfide) groups is 1. The van der Waals surface area contributed by atoms with Crippen molar-refractivity contribution in [1.29, 1.82) is 0 Å². The molecule has 0 saturated carbocycles. The van der Waals surface area contributed by atoms with Gasteiger partial charge in [-0.25, -0.2) is 0 Å². The van der Waals surface area contributed by atoms with Crippen LogP contribution in [0.3, 0.4) is 0 Å². The van der Waals surface area contributed by atoms with E-state index in [-0.39, 0.29) is 0 Å². The van der Waals surface area contributed by atoms with Gasteiger partial charge in [-0.2, -0.15) is 0 Å². The van der Waals surface area contributed by atoms with E-state index in [4.69, 9.17) is 17.3 Å². The molecule has 42 valence electrons. The second-order valence-corrected chi connectivity index (χ2v) is 2.59. The van der Waals surface area contributed by atoms with Gasteiger partial charge in [0.15, 0.2) is 4.71 Å². The number of nitrogens with two attached hydrogens (primary N) is 1. The van der Waals surface area contributed by atoms with Gasteiger partial charge in [0.05, 0.1) is 0 Å². The van der Waals surface area contributed by atoms with E-state index in [1.54, 1.807) is 6.26 Å². The molecule has 0 aliphatic rings. The molecule has 1 atom stereocenters. The van der Waals surface area contributed by atoms with Crippen molar-refractivity contribution >= 4 is 29.3 Å². The number of primary amides is 1. The molecule has 0 saturated heterocycles. The predicted molar refractivity (Wildman–Crippen MR) is 32.4 cm³/mol. The van der Waals surface area contributed by atoms with Gasteiger partial charge >= 0.3 is 0 Å². The molecule has 2 N–H and O–H groups in total. The Morgan fingerprint density at radius 1 is 2.00 bits per heavy atom. The molecule has 1 amide bonds. The first-order valence-electron chi connectivity index (χ1n) is 1.64. The van der Waals surface area contributed by atoms with Crippen molar-refractivity contribution in [1.82, 2.24) is 0 Å². The first-order valence-corrected chi connectivity index (χ1v) is 3.37. The van der Waals surface area contributed by atoms with Crippen LogP contribution in [-0.4, -0.2) is 16.9 Å². The summed E-state index contributed by atoms with van der Waals surface area (Å²) in [5, 5.41) is 0. The Labute approximate surface area is 51.4 Å². The molecular weight excluding hydrogens is 134 g/mol. The minimum atomic E-state index is -0.569. The molecule has 0 radical (unpaired) electrons. The van der Waals surface area contributed by atoms with E-state index < -0.39 is 10.6 Å². The third-order valence-corrected chi connectivity index (χ3v) is 1.83. The van der Waals surface area contributed by atoms with Crippen molar-refractivity contribution in [3.8, 4) is 0 Å². The van der Waals surface area contributed by atoms with Gasteiger partial charge in [0, 0.05) is 0 Å². The molecule has 0 spiro atoms. The minimum Gasteiger partial charge on any atom is -0.368 e. The lowest BCUT2D eigenvalue weighted by atomic mass is 10.8. The Morgan fingerprint density at radius 2 is 2.43 bits per heavy atom. The molecular formula is C3H6ClNOS. The van der Waals surface area contributed by atoms with Crippen LogP contribution in [-0.2, 0) is 4.79 Å². The van der Waals surface area contributed by atoms with Crippen LogP contribution in [0.4, 0.5) is 0 Å². The third kappa shape index (κ3) is 2.76. The predicted octanol–water partition coefficient (Wildman–Crippen LogP) is 0.400. The van der Waals surface area contributed by atoms with Crippen molar-refractivity contribution in [2.24, 2.45) is 5.73 Å². The van der Waals surface area contributed by atoms with Crippen molar-refractivity contribution in [2.75, 3.05) is 6.26 Å². The summed E-state index contributed by atoms with van der Waals surface area (Å²) in [6, 6.07) is 0. The Kier molecular flexibility index (Phi) is 3.21. The van der Waals surface area contributed by atoms with Crippen LogP contribution in [0.15, 0.2) is 0 Å². The normalized spacial score (nSPS) is 13.4. The fourth-order valence-corrected chi connectivity index (χ4v) is 0.348. The third-order valence-electron chi connectivity index (χ3n) is 0.431. The average molecular weight is 140 g/mol. The Balaban J connectivity index is 3.34. The molecule has 0 aromatic rings. The van der Waals surface area contributed by atoms with E-state index in [1.165, 1.54) is 11.8 Å². The van der Waals surface area contributed by atoms with Crippen molar-refractivity contribution in [3.63, 3.8) is 0 Å². The van der Waals surface area contributed by atoms with Crippen molar-refractivity contribution in [3.05, 3.63) is 0 Å². The summed E-state index contributed by atoms with van der Waals surface area (Å²) in [5.74, 6) is -0.478. The first-order chi connectivity index (χ1) is 3.18. The van der Waals surface area contributed by atoms with Crippen LogP contribution in [0, 0.1) is 0 Å². The molecule has 0 heterocycles. The molecule has 2 nitrogen and oxygen atoms in total. The SMILES string of the molecule is CSC(Cl)C(N)=O. The fourth-order valence-electron chi connectivity index (χ4n) is 0.116. The highest BCUT2D eigenvalue weighted by Crippen LogP contribution is 2.08. The molecule has 0 fully saturated rings. The number of rotatable bonds is 2. The quantitative estimate of drug-likeness (QED) is 0.563. The minimum absolute atomic E-state index is 0.478. The van der Waals surface area contributed by atoms with E-state index in [1.807, 2.05) is 0 Å². The van der Waals surface area contributed by atoms with Crippen LogP contribution in [0.25, 0.3) is 0 Å². The van der Waals surface area contributed by atoms with Gasteiger partial charge in [-0.15, -0.1) is 23.4 Å². The number of carbonyl (C=O) groups excluding carboxylic acids is 1. The molecule has 7 heavy (non-hydrogen) atoms. The van der Waals surface area contributed by atoms with E-state index in [2.05, 4.69) is 0 Å². The highest BCUT2D eigenvalue weighted by Gasteiger charge is 2.06. The van der Waals surface area contributed by atoms with Gasteiger partial charge in [0.2, 0.25) is 5.91 Å². The molecule has 0 aromatic carbocycles. The summed E-state index contributed by atoms with van der Waals surface area (Å²) in [6.07, 6.45) is 1.72. The van der Waals surface area contributed by atoms with Crippen molar-refractivity contribution < 1.29 is 4.79 Å². The highest BCUT2D eigenvalue weighted by atomic mass is 35.5. The number of carbonyl (C=O) groups is 1. The number of hydrogen-bond donors (Lipinski definition) is 1. The summed E-state index contributed by atoms with van der Waals surface area (Å²) in [5.41, 5.74) is 4.75. The largest absolute Gasteiger partial charge is 0.368 e. The molecule has 0 aliphatic carbocycles. The van der Waals surface area contributed by atoms with Gasteiger partial charge in [-0.05, 0) is 6.26 Å². The lowest BCUT2D eigenvalue weighted by molar-refractivity contribution is -0.116. The van der Waals surface area contributed by atoms with Gasteiger partial charge < -0.3 is 5.73 Å². The number of amides is 1. The topological polar surface area (TPSA) is 43.1 Å². The van der Waals surface area contributed by atoms with Crippen LogP contribution in [0.1, 0.15) is 0 Å². The van der Waals surface area contributed by atoms with Crippen molar-refractivity contribution in [2.45, 2.75) is 4.71 Å². The molecule has 1 unspecified atom stereocenters. The lowest BCUT2D eigenvalue weighted by Crippen LogP contribution is -2.19. The van der Waals surface area contributed by atoms with Gasteiger partial charge in [0.1, 0.15) is 0 Å². The van der Waals surface area contributed by atoms with E-state index in [0.717, 1.165) is 0 Å². The van der Waals surface area contributed by atoms with E-state index >= 15 is 0 Å². The molecule has 0 aliphatic heterocycles. The van der Waals surface area contributed by atoms with Crippen LogP contribution < -0.4 is 5.73 Å². The second-order valence-electron chi connectivity index (χ2n) is 0.954. The lowest BCUT2D eigenvalue weighted by Gasteiger charge is -1.95. The van der Waals surface area contributed by atoms with Gasteiger partial charge in [-0.1, -0.05) is 0 Å². The van der Waals surface area contributed by atoms with E-state index in [0.29, 0.717) is 0 Å².